The van der Waals surface area contributed by atoms with E-state index in [9.17, 15) is 14.9 Å². The molecule has 0 aliphatic carbocycles. The van der Waals surface area contributed by atoms with Gasteiger partial charge >= 0.3 is 0 Å². The highest BCUT2D eigenvalue weighted by Gasteiger charge is 2.13. The fraction of sp³-hybridized carbons (Fsp3) is 0.222. The van der Waals surface area contributed by atoms with Gasteiger partial charge in [0, 0.05) is 36.4 Å². The highest BCUT2D eigenvalue weighted by Crippen LogP contribution is 2.27. The van der Waals surface area contributed by atoms with Gasteiger partial charge in [-0.3, -0.25) is 14.9 Å². The highest BCUT2D eigenvalue weighted by atomic mass is 35.5. The van der Waals surface area contributed by atoms with Crippen molar-refractivity contribution in [3.63, 3.8) is 0 Å². The van der Waals surface area contributed by atoms with Crippen LogP contribution in [0.1, 0.15) is 15.9 Å². The molecule has 1 aromatic heterocycles. The lowest BCUT2D eigenvalue weighted by Gasteiger charge is -2.07. The van der Waals surface area contributed by atoms with Crippen LogP contribution in [0.4, 0.5) is 5.69 Å². The Bertz CT molecular complexity index is 1090. The fourth-order valence-corrected chi connectivity index (χ4v) is 3.93. The van der Waals surface area contributed by atoms with Gasteiger partial charge in [0.2, 0.25) is 0 Å². The maximum atomic E-state index is 12.5. The lowest BCUT2D eigenvalue weighted by molar-refractivity contribution is -0.384. The number of hydrogen-bond acceptors (Lipinski definition) is 5. The molecule has 27 heavy (non-hydrogen) atoms. The minimum Gasteiger partial charge on any atom is -0.383 e. The smallest absolute Gasteiger partial charge is 0.279 e. The summed E-state index contributed by atoms with van der Waals surface area (Å²) in [7, 11) is 1.60. The zero-order chi connectivity index (χ0) is 19.6. The van der Waals surface area contributed by atoms with E-state index in [1.165, 1.54) is 35.6 Å². The van der Waals surface area contributed by atoms with Gasteiger partial charge in [0.05, 0.1) is 21.7 Å². The van der Waals surface area contributed by atoms with Crippen LogP contribution >= 0.6 is 22.9 Å². The molecule has 0 saturated carbocycles. The number of rotatable bonds is 5. The number of ether oxygens (including phenoxy) is 1. The number of carbonyl (C=O) groups is 1. The average Bonchev–Trinajstić information content (AvgIpc) is 3.00. The van der Waals surface area contributed by atoms with E-state index in [1.54, 1.807) is 7.11 Å². The van der Waals surface area contributed by atoms with Crippen molar-refractivity contribution in [1.82, 2.24) is 4.57 Å². The van der Waals surface area contributed by atoms with Crippen molar-refractivity contribution in [2.24, 2.45) is 4.99 Å². The van der Waals surface area contributed by atoms with Crippen molar-refractivity contribution in [3.8, 4) is 0 Å². The molecular formula is C18H16ClN3O4S. The Kier molecular flexibility index (Phi) is 5.69. The predicted molar refractivity (Wildman–Crippen MR) is 104 cm³/mol. The minimum atomic E-state index is -0.511. The molecule has 0 spiro atoms. The van der Waals surface area contributed by atoms with E-state index >= 15 is 0 Å². The second-order valence-electron chi connectivity index (χ2n) is 5.77. The average molecular weight is 406 g/mol. The van der Waals surface area contributed by atoms with Gasteiger partial charge in [-0.25, -0.2) is 0 Å². The Hall–Kier alpha value is -2.55. The lowest BCUT2D eigenvalue weighted by atomic mass is 10.2. The molecular weight excluding hydrogens is 390 g/mol. The topological polar surface area (TPSA) is 86.7 Å². The number of hydrogen-bond donors (Lipinski definition) is 0. The van der Waals surface area contributed by atoms with E-state index in [0.717, 1.165) is 15.8 Å². The molecule has 0 bridgehead atoms. The third kappa shape index (κ3) is 3.92. The summed E-state index contributed by atoms with van der Waals surface area (Å²) in [4.78, 5) is 27.6. The second-order valence-corrected chi connectivity index (χ2v) is 7.19. The van der Waals surface area contributed by atoms with Gasteiger partial charge < -0.3 is 9.30 Å². The van der Waals surface area contributed by atoms with Crippen molar-refractivity contribution in [1.29, 1.82) is 0 Å². The van der Waals surface area contributed by atoms with Crippen LogP contribution in [0, 0.1) is 17.0 Å². The number of aryl methyl sites for hydroxylation is 1. The molecule has 0 aliphatic rings. The number of nitro groups is 1. The number of amides is 1. The van der Waals surface area contributed by atoms with Gasteiger partial charge in [-0.15, -0.1) is 0 Å². The van der Waals surface area contributed by atoms with Gasteiger partial charge in [-0.1, -0.05) is 22.9 Å². The SMILES string of the molecule is COCCn1c(=NC(=O)c2ccc([N+](=O)[O-])cc2)sc2ccc(Cl)c(C)c21. The predicted octanol–water partition coefficient (Wildman–Crippen LogP) is 3.96. The number of halogens is 1. The summed E-state index contributed by atoms with van der Waals surface area (Å²) in [5.74, 6) is -0.466. The largest absolute Gasteiger partial charge is 0.383 e. The number of non-ortho nitro benzene ring substituents is 1. The monoisotopic (exact) mass is 405 g/mol. The number of carbonyl (C=O) groups excluding carboxylic acids is 1. The van der Waals surface area contributed by atoms with E-state index in [0.29, 0.717) is 23.0 Å². The number of aromatic nitrogens is 1. The summed E-state index contributed by atoms with van der Waals surface area (Å²) < 4.78 is 8.05. The van der Waals surface area contributed by atoms with Crippen LogP contribution in [-0.4, -0.2) is 29.1 Å². The van der Waals surface area contributed by atoms with E-state index < -0.39 is 10.8 Å². The standard InChI is InChI=1S/C18H16ClN3O4S/c1-11-14(19)7-8-15-16(11)21(9-10-26-2)18(27-15)20-17(23)12-3-5-13(6-4-12)22(24)25/h3-8H,9-10H2,1-2H3. The van der Waals surface area contributed by atoms with Crippen molar-refractivity contribution in [2.75, 3.05) is 13.7 Å². The van der Waals surface area contributed by atoms with E-state index in [1.807, 2.05) is 23.6 Å². The van der Waals surface area contributed by atoms with Crippen molar-refractivity contribution < 1.29 is 14.5 Å². The molecule has 140 valence electrons. The third-order valence-electron chi connectivity index (χ3n) is 4.07. The van der Waals surface area contributed by atoms with Crippen LogP contribution in [0.2, 0.25) is 5.02 Å². The molecule has 3 aromatic rings. The highest BCUT2D eigenvalue weighted by molar-refractivity contribution is 7.16. The summed E-state index contributed by atoms with van der Waals surface area (Å²) >= 11 is 7.63. The van der Waals surface area contributed by atoms with E-state index in [-0.39, 0.29) is 11.3 Å². The van der Waals surface area contributed by atoms with Gasteiger partial charge in [0.25, 0.3) is 11.6 Å². The summed E-state index contributed by atoms with van der Waals surface area (Å²) in [6, 6.07) is 9.09. The van der Waals surface area contributed by atoms with E-state index in [2.05, 4.69) is 4.99 Å². The third-order valence-corrected chi connectivity index (χ3v) is 5.52. The first kappa shape index (κ1) is 19.2. The molecule has 0 unspecified atom stereocenters. The molecule has 1 amide bonds. The molecule has 0 radical (unpaired) electrons. The number of methoxy groups -OCH3 is 1. The first-order valence-electron chi connectivity index (χ1n) is 8.03. The Morgan fingerprint density at radius 1 is 1.30 bits per heavy atom. The van der Waals surface area contributed by atoms with Crippen molar-refractivity contribution >= 4 is 44.7 Å². The number of thiazole rings is 1. The van der Waals surface area contributed by atoms with Crippen LogP contribution in [0.25, 0.3) is 10.2 Å². The van der Waals surface area contributed by atoms with Crippen molar-refractivity contribution in [3.05, 3.63) is 67.5 Å². The molecule has 0 N–H and O–H groups in total. The maximum absolute atomic E-state index is 12.5. The Labute approximate surface area is 163 Å². The Morgan fingerprint density at radius 3 is 2.63 bits per heavy atom. The van der Waals surface area contributed by atoms with Gasteiger partial charge in [-0.05, 0) is 36.8 Å². The van der Waals surface area contributed by atoms with Gasteiger partial charge in [-0.2, -0.15) is 4.99 Å². The summed E-state index contributed by atoms with van der Waals surface area (Å²) in [5, 5.41) is 11.4. The first-order valence-corrected chi connectivity index (χ1v) is 9.22. The number of nitrogens with zero attached hydrogens (tertiary/aromatic N) is 3. The summed E-state index contributed by atoms with van der Waals surface area (Å²) in [6.07, 6.45) is 0. The minimum absolute atomic E-state index is 0.0752. The molecule has 0 fully saturated rings. The number of fused-ring (bicyclic) bond motifs is 1. The molecule has 0 saturated heterocycles. The molecule has 1 heterocycles. The zero-order valence-corrected chi connectivity index (χ0v) is 16.2. The number of nitro benzene ring substituents is 1. The normalized spacial score (nSPS) is 11.9. The number of benzene rings is 2. The van der Waals surface area contributed by atoms with Crippen LogP contribution in [-0.2, 0) is 11.3 Å². The molecule has 3 rings (SSSR count). The van der Waals surface area contributed by atoms with Gasteiger partial charge in [0.15, 0.2) is 4.80 Å². The maximum Gasteiger partial charge on any atom is 0.279 e. The second kappa shape index (κ2) is 7.99. The first-order chi connectivity index (χ1) is 12.9. The van der Waals surface area contributed by atoms with E-state index in [4.69, 9.17) is 16.3 Å². The van der Waals surface area contributed by atoms with Crippen LogP contribution in [0.15, 0.2) is 41.4 Å². The van der Waals surface area contributed by atoms with Crippen molar-refractivity contribution in [2.45, 2.75) is 13.5 Å². The zero-order valence-electron chi connectivity index (χ0n) is 14.6. The van der Waals surface area contributed by atoms with Crippen LogP contribution in [0.3, 0.4) is 0 Å². The summed E-state index contributed by atoms with van der Waals surface area (Å²) in [6.45, 7) is 2.89. The van der Waals surface area contributed by atoms with Gasteiger partial charge in [0.1, 0.15) is 0 Å². The molecule has 2 aromatic carbocycles. The van der Waals surface area contributed by atoms with Crippen LogP contribution < -0.4 is 4.80 Å². The Morgan fingerprint density at radius 2 is 2.00 bits per heavy atom. The Balaban J connectivity index is 2.10. The molecule has 0 atom stereocenters. The quantitative estimate of drug-likeness (QED) is 0.474. The molecule has 9 heteroatoms. The van der Waals surface area contributed by atoms with Crippen LogP contribution in [0.5, 0.6) is 0 Å². The summed E-state index contributed by atoms with van der Waals surface area (Å²) in [5.41, 5.74) is 2.03. The lowest BCUT2D eigenvalue weighted by Crippen LogP contribution is -2.19. The molecule has 0 aliphatic heterocycles. The fourth-order valence-electron chi connectivity index (χ4n) is 2.67. The molecule has 7 nitrogen and oxygen atoms in total.